The molecule has 9 heteroatoms. The van der Waals surface area contributed by atoms with E-state index in [2.05, 4.69) is 29.0 Å². The fraction of sp³-hybridized carbons (Fsp3) is 0.458. The molecule has 1 aliphatic rings. The number of carbonyl (C=O) groups is 1. The van der Waals surface area contributed by atoms with Gasteiger partial charge in [-0.1, -0.05) is 36.2 Å². The number of carbonyl (C=O) groups excluding carboxylic acids is 1. The molecule has 33 heavy (non-hydrogen) atoms. The summed E-state index contributed by atoms with van der Waals surface area (Å²) in [7, 11) is -3.43. The van der Waals surface area contributed by atoms with Gasteiger partial charge >= 0.3 is 0 Å². The van der Waals surface area contributed by atoms with Crippen LogP contribution in [0.25, 0.3) is 0 Å². The second kappa shape index (κ2) is 11.2. The molecule has 0 atom stereocenters. The van der Waals surface area contributed by atoms with Gasteiger partial charge in [0, 0.05) is 60.9 Å². The lowest BCUT2D eigenvalue weighted by molar-refractivity contribution is 0.0950. The van der Waals surface area contributed by atoms with Gasteiger partial charge < -0.3 is 5.32 Å². The van der Waals surface area contributed by atoms with Crippen LogP contribution < -0.4 is 5.32 Å². The molecular weight excluding hydrogens is 481 g/mol. The molecule has 0 unspecified atom stereocenters. The van der Waals surface area contributed by atoms with E-state index in [0.29, 0.717) is 27.2 Å². The van der Waals surface area contributed by atoms with Gasteiger partial charge in [-0.2, -0.15) is 0 Å². The standard InChI is InChI=1S/C24H31Cl2N3O3S/c1-4-33(31,32)23-8-7-21(25)13-20(23)15-27-24(30)18-5-6-19(22(26)14-18)16-28-9-11-29(12-10-28)17(2)3/h5-8,13-14,17H,4,9-12,15-16H2,1-3H3,(H,27,30). The van der Waals surface area contributed by atoms with E-state index in [1.165, 1.54) is 12.1 Å². The number of nitrogens with one attached hydrogen (secondary N) is 1. The predicted molar refractivity (Wildman–Crippen MR) is 134 cm³/mol. The van der Waals surface area contributed by atoms with Crippen LogP contribution in [0.3, 0.4) is 0 Å². The smallest absolute Gasteiger partial charge is 0.251 e. The minimum atomic E-state index is -3.43. The Morgan fingerprint density at radius 2 is 1.73 bits per heavy atom. The van der Waals surface area contributed by atoms with Gasteiger partial charge in [0.05, 0.1) is 10.6 Å². The Balaban J connectivity index is 1.64. The molecular formula is C24H31Cl2N3O3S. The fourth-order valence-electron chi connectivity index (χ4n) is 3.92. The topological polar surface area (TPSA) is 69.7 Å². The van der Waals surface area contributed by atoms with Gasteiger partial charge in [0.25, 0.3) is 5.91 Å². The lowest BCUT2D eigenvalue weighted by Crippen LogP contribution is -2.48. The Hall–Kier alpha value is -1.64. The van der Waals surface area contributed by atoms with Gasteiger partial charge in [0.15, 0.2) is 9.84 Å². The minimum absolute atomic E-state index is 0.0286. The van der Waals surface area contributed by atoms with Crippen molar-refractivity contribution in [1.29, 1.82) is 0 Å². The zero-order chi connectivity index (χ0) is 24.2. The molecule has 0 spiro atoms. The lowest BCUT2D eigenvalue weighted by Gasteiger charge is -2.37. The SMILES string of the molecule is CCS(=O)(=O)c1ccc(Cl)cc1CNC(=O)c1ccc(CN2CCN(C(C)C)CC2)c(Cl)c1. The number of halogens is 2. The van der Waals surface area contributed by atoms with Crippen molar-refractivity contribution >= 4 is 38.9 Å². The van der Waals surface area contributed by atoms with Crippen LogP contribution >= 0.6 is 23.2 Å². The number of piperazine rings is 1. The molecule has 1 amide bonds. The second-order valence-electron chi connectivity index (χ2n) is 8.55. The van der Waals surface area contributed by atoms with E-state index in [0.717, 1.165) is 38.3 Å². The highest BCUT2D eigenvalue weighted by molar-refractivity contribution is 7.91. The highest BCUT2D eigenvalue weighted by atomic mass is 35.5. The molecule has 0 aliphatic carbocycles. The fourth-order valence-corrected chi connectivity index (χ4v) is 5.47. The minimum Gasteiger partial charge on any atom is -0.348 e. The first-order chi connectivity index (χ1) is 15.6. The highest BCUT2D eigenvalue weighted by Gasteiger charge is 2.20. The quantitative estimate of drug-likeness (QED) is 0.573. The molecule has 1 aliphatic heterocycles. The van der Waals surface area contributed by atoms with E-state index in [1.807, 2.05) is 6.07 Å². The summed E-state index contributed by atoms with van der Waals surface area (Å²) in [4.78, 5) is 17.7. The van der Waals surface area contributed by atoms with E-state index in [9.17, 15) is 13.2 Å². The predicted octanol–water partition coefficient (Wildman–Crippen LogP) is 4.24. The van der Waals surface area contributed by atoms with Crippen molar-refractivity contribution in [2.45, 2.75) is 44.8 Å². The number of benzene rings is 2. The maximum atomic E-state index is 12.7. The van der Waals surface area contributed by atoms with E-state index in [1.54, 1.807) is 25.1 Å². The second-order valence-corrected chi connectivity index (χ2v) is 11.6. The zero-order valence-corrected chi connectivity index (χ0v) is 21.6. The summed E-state index contributed by atoms with van der Waals surface area (Å²) in [6, 6.07) is 10.4. The largest absolute Gasteiger partial charge is 0.348 e. The molecule has 0 radical (unpaired) electrons. The van der Waals surface area contributed by atoms with Gasteiger partial charge in [0.2, 0.25) is 0 Å². The first-order valence-electron chi connectivity index (χ1n) is 11.1. The monoisotopic (exact) mass is 511 g/mol. The average molecular weight is 513 g/mol. The van der Waals surface area contributed by atoms with Crippen molar-refractivity contribution < 1.29 is 13.2 Å². The van der Waals surface area contributed by atoms with Gasteiger partial charge in [0.1, 0.15) is 0 Å². The number of sulfone groups is 1. The Labute approximate surface area is 206 Å². The molecule has 2 aromatic rings. The van der Waals surface area contributed by atoms with Crippen LogP contribution in [0.4, 0.5) is 0 Å². The van der Waals surface area contributed by atoms with Crippen molar-refractivity contribution in [3.8, 4) is 0 Å². The molecule has 0 saturated carbocycles. The lowest BCUT2D eigenvalue weighted by atomic mass is 10.1. The summed E-state index contributed by atoms with van der Waals surface area (Å²) in [6.07, 6.45) is 0. The number of hydrogen-bond acceptors (Lipinski definition) is 5. The van der Waals surface area contributed by atoms with Crippen LogP contribution in [0, 0.1) is 0 Å². The third kappa shape index (κ3) is 6.70. The number of hydrogen-bond donors (Lipinski definition) is 1. The van der Waals surface area contributed by atoms with E-state index in [-0.39, 0.29) is 23.1 Å². The van der Waals surface area contributed by atoms with Crippen molar-refractivity contribution in [2.75, 3.05) is 31.9 Å². The van der Waals surface area contributed by atoms with Crippen LogP contribution in [0.2, 0.25) is 10.0 Å². The molecule has 2 aromatic carbocycles. The summed E-state index contributed by atoms with van der Waals surface area (Å²) in [5.41, 5.74) is 1.87. The van der Waals surface area contributed by atoms with Crippen LogP contribution in [0.15, 0.2) is 41.3 Å². The molecule has 1 saturated heterocycles. The number of nitrogens with zero attached hydrogens (tertiary/aromatic N) is 2. The Bertz CT molecular complexity index is 1100. The number of rotatable bonds is 8. The van der Waals surface area contributed by atoms with Crippen LogP contribution in [-0.2, 0) is 22.9 Å². The van der Waals surface area contributed by atoms with Crippen LogP contribution in [0.5, 0.6) is 0 Å². The summed E-state index contributed by atoms with van der Waals surface area (Å²) in [5, 5.41) is 3.75. The molecule has 1 heterocycles. The molecule has 6 nitrogen and oxygen atoms in total. The third-order valence-electron chi connectivity index (χ3n) is 6.02. The van der Waals surface area contributed by atoms with Crippen LogP contribution in [-0.4, -0.2) is 62.1 Å². The summed E-state index contributed by atoms with van der Waals surface area (Å²) in [6.45, 7) is 10.8. The normalized spacial score (nSPS) is 15.7. The molecule has 0 aromatic heterocycles. The van der Waals surface area contributed by atoms with Gasteiger partial charge in [-0.25, -0.2) is 8.42 Å². The molecule has 0 bridgehead atoms. The number of amides is 1. The first kappa shape index (κ1) is 26.0. The zero-order valence-electron chi connectivity index (χ0n) is 19.3. The van der Waals surface area contributed by atoms with E-state index < -0.39 is 9.84 Å². The molecule has 3 rings (SSSR count). The summed E-state index contributed by atoms with van der Waals surface area (Å²) < 4.78 is 24.7. The summed E-state index contributed by atoms with van der Waals surface area (Å²) >= 11 is 12.6. The van der Waals surface area contributed by atoms with Gasteiger partial charge in [-0.05, 0) is 55.3 Å². The first-order valence-corrected chi connectivity index (χ1v) is 13.6. The molecule has 1 N–H and O–H groups in total. The highest BCUT2D eigenvalue weighted by Crippen LogP contribution is 2.23. The summed E-state index contributed by atoms with van der Waals surface area (Å²) in [5.74, 6) is -0.354. The molecule has 1 fully saturated rings. The van der Waals surface area contributed by atoms with Crippen molar-refractivity contribution in [3.63, 3.8) is 0 Å². The maximum absolute atomic E-state index is 12.7. The van der Waals surface area contributed by atoms with Crippen molar-refractivity contribution in [2.24, 2.45) is 0 Å². The Morgan fingerprint density at radius 3 is 2.33 bits per heavy atom. The van der Waals surface area contributed by atoms with Crippen LogP contribution in [0.1, 0.15) is 42.3 Å². The molecule has 180 valence electrons. The Kier molecular flexibility index (Phi) is 8.81. The third-order valence-corrected chi connectivity index (χ3v) is 8.44. The maximum Gasteiger partial charge on any atom is 0.251 e. The van der Waals surface area contributed by atoms with E-state index >= 15 is 0 Å². The average Bonchev–Trinajstić information content (AvgIpc) is 2.79. The Morgan fingerprint density at radius 1 is 1.03 bits per heavy atom. The van der Waals surface area contributed by atoms with Crippen molar-refractivity contribution in [3.05, 3.63) is 63.1 Å². The van der Waals surface area contributed by atoms with Gasteiger partial charge in [-0.3, -0.25) is 14.6 Å². The van der Waals surface area contributed by atoms with E-state index in [4.69, 9.17) is 23.2 Å². The van der Waals surface area contributed by atoms with Crippen molar-refractivity contribution in [1.82, 2.24) is 15.1 Å². The van der Waals surface area contributed by atoms with Gasteiger partial charge in [-0.15, -0.1) is 0 Å².